The summed E-state index contributed by atoms with van der Waals surface area (Å²) in [5.74, 6) is -0.330. The Balaban J connectivity index is 2.58. The van der Waals surface area contributed by atoms with Crippen LogP contribution in [0.15, 0.2) is 0 Å². The molecule has 0 bridgehead atoms. The van der Waals surface area contributed by atoms with E-state index in [1.54, 1.807) is 0 Å². The van der Waals surface area contributed by atoms with E-state index >= 15 is 0 Å². The van der Waals surface area contributed by atoms with Gasteiger partial charge >= 0.3 is 5.97 Å². The van der Waals surface area contributed by atoms with Gasteiger partial charge in [-0.15, -0.1) is 0 Å². The van der Waals surface area contributed by atoms with Gasteiger partial charge in [0.2, 0.25) is 0 Å². The number of nitrogens with zero attached hydrogens (tertiary/aromatic N) is 1. The Morgan fingerprint density at radius 1 is 1.38 bits per heavy atom. The zero-order valence-corrected chi connectivity index (χ0v) is 8.71. The second-order valence-corrected chi connectivity index (χ2v) is 4.60. The van der Waals surface area contributed by atoms with Gasteiger partial charge in [-0.3, -0.25) is 4.79 Å². The summed E-state index contributed by atoms with van der Waals surface area (Å²) in [6.07, 6.45) is 2.02. The van der Waals surface area contributed by atoms with Gasteiger partial charge < -0.3 is 10.0 Å². The van der Waals surface area contributed by atoms with E-state index in [0.29, 0.717) is 5.92 Å². The summed E-state index contributed by atoms with van der Waals surface area (Å²) in [7, 11) is 2.09. The van der Waals surface area contributed by atoms with E-state index in [9.17, 15) is 4.79 Å². The first-order valence-corrected chi connectivity index (χ1v) is 4.86. The summed E-state index contributed by atoms with van der Waals surface area (Å²) in [6.45, 7) is 5.74. The number of piperidine rings is 1. The third-order valence-corrected chi connectivity index (χ3v) is 3.29. The number of carboxylic acid groups (broad SMARTS) is 1. The van der Waals surface area contributed by atoms with Gasteiger partial charge in [0.05, 0.1) is 5.41 Å². The number of carboxylic acids is 1. The van der Waals surface area contributed by atoms with E-state index in [2.05, 4.69) is 11.9 Å². The minimum Gasteiger partial charge on any atom is -0.481 e. The second kappa shape index (κ2) is 3.66. The highest BCUT2D eigenvalue weighted by Gasteiger charge is 2.37. The number of rotatable bonds is 2. The lowest BCUT2D eigenvalue weighted by atomic mass is 9.74. The Morgan fingerprint density at radius 3 is 2.23 bits per heavy atom. The van der Waals surface area contributed by atoms with Crippen LogP contribution in [-0.4, -0.2) is 36.1 Å². The lowest BCUT2D eigenvalue weighted by Crippen LogP contribution is -2.40. The number of hydrogen-bond donors (Lipinski definition) is 1. The van der Waals surface area contributed by atoms with Gasteiger partial charge in [0.1, 0.15) is 0 Å². The maximum atomic E-state index is 11.0. The van der Waals surface area contributed by atoms with Crippen LogP contribution in [0.3, 0.4) is 0 Å². The zero-order valence-electron chi connectivity index (χ0n) is 8.71. The van der Waals surface area contributed by atoms with Gasteiger partial charge in [-0.25, -0.2) is 0 Å². The molecule has 3 nitrogen and oxygen atoms in total. The fourth-order valence-corrected chi connectivity index (χ4v) is 1.90. The number of hydrogen-bond acceptors (Lipinski definition) is 2. The van der Waals surface area contributed by atoms with Crippen molar-refractivity contribution in [2.75, 3.05) is 20.1 Å². The molecule has 13 heavy (non-hydrogen) atoms. The molecule has 0 aliphatic carbocycles. The lowest BCUT2D eigenvalue weighted by molar-refractivity contribution is -0.151. The van der Waals surface area contributed by atoms with Crippen LogP contribution in [0, 0.1) is 11.3 Å². The van der Waals surface area contributed by atoms with E-state index in [4.69, 9.17) is 5.11 Å². The monoisotopic (exact) mass is 185 g/mol. The summed E-state index contributed by atoms with van der Waals surface area (Å²) in [6, 6.07) is 0. The standard InChI is InChI=1S/C10H19NO2/c1-10(2,9(12)13)8-4-6-11(3)7-5-8/h8H,4-7H2,1-3H3,(H,12,13). The maximum Gasteiger partial charge on any atom is 0.309 e. The molecule has 0 aromatic heterocycles. The molecule has 0 spiro atoms. The molecule has 1 aliphatic heterocycles. The van der Waals surface area contributed by atoms with Crippen molar-refractivity contribution in [2.45, 2.75) is 26.7 Å². The first kappa shape index (κ1) is 10.5. The van der Waals surface area contributed by atoms with Crippen molar-refractivity contribution >= 4 is 5.97 Å². The van der Waals surface area contributed by atoms with Gasteiger partial charge in [0.15, 0.2) is 0 Å². The molecule has 1 N–H and O–H groups in total. The van der Waals surface area contributed by atoms with Crippen LogP contribution in [0.25, 0.3) is 0 Å². The van der Waals surface area contributed by atoms with E-state index in [0.717, 1.165) is 25.9 Å². The maximum absolute atomic E-state index is 11.0. The second-order valence-electron chi connectivity index (χ2n) is 4.60. The summed E-state index contributed by atoms with van der Waals surface area (Å²) in [4.78, 5) is 13.2. The molecule has 1 heterocycles. The number of aliphatic carboxylic acids is 1. The highest BCUT2D eigenvalue weighted by molar-refractivity contribution is 5.74. The van der Waals surface area contributed by atoms with Crippen LogP contribution in [0.4, 0.5) is 0 Å². The fraction of sp³-hybridized carbons (Fsp3) is 0.900. The van der Waals surface area contributed by atoms with Crippen molar-refractivity contribution in [3.8, 4) is 0 Å². The summed E-state index contributed by atoms with van der Waals surface area (Å²) in [5.41, 5.74) is -0.554. The van der Waals surface area contributed by atoms with Crippen molar-refractivity contribution in [3.05, 3.63) is 0 Å². The van der Waals surface area contributed by atoms with Gasteiger partial charge in [0, 0.05) is 0 Å². The molecule has 0 amide bonds. The predicted octanol–water partition coefficient (Wildman–Crippen LogP) is 1.44. The van der Waals surface area contributed by atoms with Gasteiger partial charge in [-0.2, -0.15) is 0 Å². The Hall–Kier alpha value is -0.570. The Labute approximate surface area is 79.7 Å². The minimum atomic E-state index is -0.665. The smallest absolute Gasteiger partial charge is 0.309 e. The molecule has 1 aliphatic rings. The van der Waals surface area contributed by atoms with Crippen LogP contribution < -0.4 is 0 Å². The lowest BCUT2D eigenvalue weighted by Gasteiger charge is -2.36. The highest BCUT2D eigenvalue weighted by atomic mass is 16.4. The molecule has 0 radical (unpaired) electrons. The van der Waals surface area contributed by atoms with Crippen LogP contribution >= 0.6 is 0 Å². The molecule has 0 atom stereocenters. The zero-order chi connectivity index (χ0) is 10.1. The van der Waals surface area contributed by atoms with Crippen molar-refractivity contribution in [1.82, 2.24) is 4.90 Å². The Morgan fingerprint density at radius 2 is 1.85 bits per heavy atom. The van der Waals surface area contributed by atoms with Crippen molar-refractivity contribution in [2.24, 2.45) is 11.3 Å². The summed E-state index contributed by atoms with van der Waals surface area (Å²) >= 11 is 0. The molecule has 76 valence electrons. The molecular weight excluding hydrogens is 166 g/mol. The average molecular weight is 185 g/mol. The highest BCUT2D eigenvalue weighted by Crippen LogP contribution is 2.34. The van der Waals surface area contributed by atoms with E-state index < -0.39 is 11.4 Å². The minimum absolute atomic E-state index is 0.334. The molecule has 3 heteroatoms. The molecule has 0 aromatic carbocycles. The fourth-order valence-electron chi connectivity index (χ4n) is 1.90. The normalized spacial score (nSPS) is 21.8. The van der Waals surface area contributed by atoms with Crippen LogP contribution in [0.1, 0.15) is 26.7 Å². The summed E-state index contributed by atoms with van der Waals surface area (Å²) in [5, 5.41) is 9.05. The molecule has 0 saturated carbocycles. The van der Waals surface area contributed by atoms with Gasteiger partial charge in [-0.1, -0.05) is 0 Å². The third-order valence-electron chi connectivity index (χ3n) is 3.29. The SMILES string of the molecule is CN1CCC(C(C)(C)C(=O)O)CC1. The van der Waals surface area contributed by atoms with Crippen LogP contribution in [-0.2, 0) is 4.79 Å². The van der Waals surface area contributed by atoms with Gasteiger partial charge in [-0.05, 0) is 52.7 Å². The molecular formula is C10H19NO2. The van der Waals surface area contributed by atoms with Crippen molar-refractivity contribution in [1.29, 1.82) is 0 Å². The first-order chi connectivity index (χ1) is 5.94. The van der Waals surface area contributed by atoms with E-state index in [1.807, 2.05) is 13.8 Å². The van der Waals surface area contributed by atoms with Gasteiger partial charge in [0.25, 0.3) is 0 Å². The predicted molar refractivity (Wildman–Crippen MR) is 51.6 cm³/mol. The average Bonchev–Trinajstić information content (AvgIpc) is 2.04. The molecule has 0 unspecified atom stereocenters. The number of carbonyl (C=O) groups is 1. The Bertz CT molecular complexity index is 193. The largest absolute Gasteiger partial charge is 0.481 e. The molecule has 1 fully saturated rings. The first-order valence-electron chi connectivity index (χ1n) is 4.86. The van der Waals surface area contributed by atoms with Crippen molar-refractivity contribution < 1.29 is 9.90 Å². The van der Waals surface area contributed by atoms with Crippen molar-refractivity contribution in [3.63, 3.8) is 0 Å². The van der Waals surface area contributed by atoms with E-state index in [1.165, 1.54) is 0 Å². The van der Waals surface area contributed by atoms with Crippen LogP contribution in [0.5, 0.6) is 0 Å². The molecule has 0 aromatic rings. The Kier molecular flexibility index (Phi) is 2.96. The number of likely N-dealkylation sites (tertiary alicyclic amines) is 1. The topological polar surface area (TPSA) is 40.5 Å². The van der Waals surface area contributed by atoms with E-state index in [-0.39, 0.29) is 0 Å². The summed E-state index contributed by atoms with van der Waals surface area (Å²) < 4.78 is 0. The molecule has 1 rings (SSSR count). The molecule has 1 saturated heterocycles. The van der Waals surface area contributed by atoms with Crippen LogP contribution in [0.2, 0.25) is 0 Å². The quantitative estimate of drug-likeness (QED) is 0.707. The third kappa shape index (κ3) is 2.21.